The minimum absolute atomic E-state index is 0.260. The maximum Gasteiger partial charge on any atom is 0.337 e. The number of benzene rings is 3. The summed E-state index contributed by atoms with van der Waals surface area (Å²) >= 11 is 0. The maximum atomic E-state index is 13.9. The third kappa shape index (κ3) is 3.58. The maximum absolute atomic E-state index is 13.9. The molecular weight excluding hydrogens is 410 g/mol. The molecule has 0 aliphatic carbocycles. The van der Waals surface area contributed by atoms with Crippen LogP contribution in [0.4, 0.5) is 20.2 Å². The van der Waals surface area contributed by atoms with E-state index in [1.807, 2.05) is 6.07 Å². The van der Waals surface area contributed by atoms with Gasteiger partial charge in [0.2, 0.25) is 0 Å². The van der Waals surface area contributed by atoms with Crippen molar-refractivity contribution in [3.05, 3.63) is 89.5 Å². The standard InChI is InChI=1S/C26H20F2N2O2/c1-32-26(31)18-6-10-22-19(13-18)15-24(25(29-22)16-4-7-20(27)8-5-16)30-12-2-3-17-14-21(28)9-11-23(17)30/h4-11,13-15H,2-3,12H2,1H3. The van der Waals surface area contributed by atoms with Crippen molar-refractivity contribution in [1.82, 2.24) is 4.98 Å². The average molecular weight is 430 g/mol. The first-order valence-electron chi connectivity index (χ1n) is 10.4. The second kappa shape index (κ2) is 8.04. The number of rotatable bonds is 3. The molecule has 4 aromatic rings. The van der Waals surface area contributed by atoms with Crippen LogP contribution in [0.25, 0.3) is 22.2 Å². The molecule has 6 heteroatoms. The van der Waals surface area contributed by atoms with Gasteiger partial charge >= 0.3 is 5.97 Å². The van der Waals surface area contributed by atoms with Crippen molar-refractivity contribution >= 4 is 28.2 Å². The van der Waals surface area contributed by atoms with E-state index in [9.17, 15) is 13.6 Å². The summed E-state index contributed by atoms with van der Waals surface area (Å²) in [6.07, 6.45) is 1.66. The van der Waals surface area contributed by atoms with E-state index in [4.69, 9.17) is 9.72 Å². The summed E-state index contributed by atoms with van der Waals surface area (Å²) in [6.45, 7) is 0.733. The Morgan fingerprint density at radius 2 is 1.72 bits per heavy atom. The lowest BCUT2D eigenvalue weighted by atomic mass is 9.98. The van der Waals surface area contributed by atoms with Gasteiger partial charge in [-0.15, -0.1) is 0 Å². The van der Waals surface area contributed by atoms with Gasteiger partial charge in [0, 0.05) is 23.2 Å². The summed E-state index contributed by atoms with van der Waals surface area (Å²) in [5.41, 5.74) is 5.28. The number of carbonyl (C=O) groups excluding carboxylic acids is 1. The molecule has 0 bridgehead atoms. The monoisotopic (exact) mass is 430 g/mol. The highest BCUT2D eigenvalue weighted by molar-refractivity contribution is 5.97. The minimum Gasteiger partial charge on any atom is -0.465 e. The summed E-state index contributed by atoms with van der Waals surface area (Å²) in [4.78, 5) is 19.0. The van der Waals surface area contributed by atoms with Crippen molar-refractivity contribution in [2.45, 2.75) is 12.8 Å². The number of halogens is 2. The average Bonchev–Trinajstić information content (AvgIpc) is 2.82. The van der Waals surface area contributed by atoms with E-state index in [2.05, 4.69) is 4.90 Å². The lowest BCUT2D eigenvalue weighted by Crippen LogP contribution is -2.25. The first-order valence-corrected chi connectivity index (χ1v) is 10.4. The molecule has 0 saturated carbocycles. The van der Waals surface area contributed by atoms with Gasteiger partial charge < -0.3 is 9.64 Å². The molecule has 5 rings (SSSR count). The number of hydrogen-bond acceptors (Lipinski definition) is 4. The van der Waals surface area contributed by atoms with E-state index in [0.717, 1.165) is 47.3 Å². The molecule has 4 nitrogen and oxygen atoms in total. The fourth-order valence-corrected chi connectivity index (χ4v) is 4.25. The summed E-state index contributed by atoms with van der Waals surface area (Å²) in [6, 6.07) is 18.2. The molecule has 0 unspecified atom stereocenters. The molecular formula is C26H20F2N2O2. The molecule has 0 saturated heterocycles. The van der Waals surface area contributed by atoms with Gasteiger partial charge in [-0.05, 0) is 85.1 Å². The van der Waals surface area contributed by atoms with Crippen molar-refractivity contribution in [2.24, 2.45) is 0 Å². The van der Waals surface area contributed by atoms with E-state index in [0.29, 0.717) is 16.8 Å². The number of ether oxygens (including phenoxy) is 1. The Bertz CT molecular complexity index is 1340. The van der Waals surface area contributed by atoms with Gasteiger partial charge in [0.05, 0.1) is 29.6 Å². The predicted molar refractivity (Wildman–Crippen MR) is 120 cm³/mol. The van der Waals surface area contributed by atoms with Gasteiger partial charge in [0.15, 0.2) is 0 Å². The molecule has 2 heterocycles. The van der Waals surface area contributed by atoms with E-state index in [-0.39, 0.29) is 11.6 Å². The zero-order valence-corrected chi connectivity index (χ0v) is 17.4. The minimum atomic E-state index is -0.421. The second-order valence-electron chi connectivity index (χ2n) is 7.79. The quantitative estimate of drug-likeness (QED) is 0.371. The Balaban J connectivity index is 1.74. The number of anilines is 2. The van der Waals surface area contributed by atoms with Gasteiger partial charge in [-0.25, -0.2) is 18.6 Å². The molecule has 1 aromatic heterocycles. The first-order chi connectivity index (χ1) is 15.5. The number of carbonyl (C=O) groups is 1. The molecule has 160 valence electrons. The van der Waals surface area contributed by atoms with Crippen molar-refractivity contribution in [1.29, 1.82) is 0 Å². The lowest BCUT2D eigenvalue weighted by Gasteiger charge is -2.33. The number of aromatic nitrogens is 1. The number of pyridine rings is 1. The summed E-state index contributed by atoms with van der Waals surface area (Å²) < 4.78 is 32.3. The fraction of sp³-hybridized carbons (Fsp3) is 0.154. The number of esters is 1. The molecule has 0 N–H and O–H groups in total. The van der Waals surface area contributed by atoms with E-state index in [1.165, 1.54) is 25.3 Å². The van der Waals surface area contributed by atoms with Crippen LogP contribution in [0.3, 0.4) is 0 Å². The second-order valence-corrected chi connectivity index (χ2v) is 7.79. The smallest absolute Gasteiger partial charge is 0.337 e. The Hall–Kier alpha value is -3.80. The van der Waals surface area contributed by atoms with Crippen molar-refractivity contribution < 1.29 is 18.3 Å². The number of aryl methyl sites for hydroxylation is 1. The normalized spacial score (nSPS) is 13.2. The van der Waals surface area contributed by atoms with Gasteiger partial charge in [-0.1, -0.05) is 0 Å². The molecule has 0 spiro atoms. The Labute approximate surface area is 184 Å². The van der Waals surface area contributed by atoms with Gasteiger partial charge in [-0.2, -0.15) is 0 Å². The van der Waals surface area contributed by atoms with Gasteiger partial charge in [-0.3, -0.25) is 0 Å². The SMILES string of the molecule is COC(=O)c1ccc2nc(-c3ccc(F)cc3)c(N3CCCc4cc(F)ccc43)cc2c1. The number of nitrogens with zero attached hydrogens (tertiary/aromatic N) is 2. The van der Waals surface area contributed by atoms with Crippen molar-refractivity contribution in [3.63, 3.8) is 0 Å². The van der Waals surface area contributed by atoms with E-state index >= 15 is 0 Å². The van der Waals surface area contributed by atoms with Crippen LogP contribution in [0.5, 0.6) is 0 Å². The number of hydrogen-bond donors (Lipinski definition) is 0. The lowest BCUT2D eigenvalue weighted by molar-refractivity contribution is 0.0601. The van der Waals surface area contributed by atoms with Crippen LogP contribution in [-0.4, -0.2) is 24.6 Å². The molecule has 1 aliphatic heterocycles. The highest BCUT2D eigenvalue weighted by atomic mass is 19.1. The zero-order chi connectivity index (χ0) is 22.2. The zero-order valence-electron chi connectivity index (χ0n) is 17.4. The highest BCUT2D eigenvalue weighted by Crippen LogP contribution is 2.40. The summed E-state index contributed by atoms with van der Waals surface area (Å²) in [5.74, 6) is -1.00. The molecule has 3 aromatic carbocycles. The summed E-state index contributed by atoms with van der Waals surface area (Å²) in [7, 11) is 1.34. The highest BCUT2D eigenvalue weighted by Gasteiger charge is 2.23. The van der Waals surface area contributed by atoms with E-state index < -0.39 is 5.97 Å². The van der Waals surface area contributed by atoms with Crippen LogP contribution >= 0.6 is 0 Å². The van der Waals surface area contributed by atoms with Crippen molar-refractivity contribution in [2.75, 3.05) is 18.6 Å². The number of fused-ring (bicyclic) bond motifs is 2. The third-order valence-corrected chi connectivity index (χ3v) is 5.78. The Morgan fingerprint density at radius 3 is 2.50 bits per heavy atom. The third-order valence-electron chi connectivity index (χ3n) is 5.78. The number of methoxy groups -OCH3 is 1. The van der Waals surface area contributed by atoms with E-state index in [1.54, 1.807) is 42.5 Å². The molecule has 0 amide bonds. The molecule has 32 heavy (non-hydrogen) atoms. The van der Waals surface area contributed by atoms with Crippen LogP contribution in [-0.2, 0) is 11.2 Å². The first kappa shape index (κ1) is 20.1. The van der Waals surface area contributed by atoms with Gasteiger partial charge in [0.1, 0.15) is 11.6 Å². The van der Waals surface area contributed by atoms with Crippen LogP contribution in [0, 0.1) is 11.6 Å². The van der Waals surface area contributed by atoms with Crippen LogP contribution in [0.15, 0.2) is 66.7 Å². The van der Waals surface area contributed by atoms with Crippen LogP contribution in [0.1, 0.15) is 22.3 Å². The van der Waals surface area contributed by atoms with Gasteiger partial charge in [0.25, 0.3) is 0 Å². The summed E-state index contributed by atoms with van der Waals surface area (Å²) in [5, 5.41) is 0.781. The van der Waals surface area contributed by atoms with Crippen LogP contribution < -0.4 is 4.90 Å². The Morgan fingerprint density at radius 1 is 0.938 bits per heavy atom. The molecule has 1 aliphatic rings. The van der Waals surface area contributed by atoms with Crippen LogP contribution in [0.2, 0.25) is 0 Å². The largest absolute Gasteiger partial charge is 0.465 e. The van der Waals surface area contributed by atoms with Crippen molar-refractivity contribution in [3.8, 4) is 11.3 Å². The predicted octanol–water partition coefficient (Wildman–Crippen LogP) is 6.05. The fourth-order valence-electron chi connectivity index (χ4n) is 4.25. The molecule has 0 atom stereocenters. The Kier molecular flexibility index (Phi) is 5.05. The molecule has 0 radical (unpaired) electrons. The topological polar surface area (TPSA) is 42.4 Å². The molecule has 0 fully saturated rings.